The van der Waals surface area contributed by atoms with Crippen molar-refractivity contribution in [2.45, 2.75) is 51.4 Å². The van der Waals surface area contributed by atoms with Crippen LogP contribution in [0.15, 0.2) is 24.3 Å². The van der Waals surface area contributed by atoms with Crippen molar-refractivity contribution in [2.24, 2.45) is 5.92 Å². The molecule has 0 aliphatic heterocycles. The highest BCUT2D eigenvalue weighted by Gasteiger charge is 2.20. The number of Topliss-reactive ketones (excluding diaryl/α,β-unsaturated/α-hetero) is 1. The summed E-state index contributed by atoms with van der Waals surface area (Å²) in [6.45, 7) is 0. The molecule has 1 aliphatic carbocycles. The highest BCUT2D eigenvalue weighted by Crippen LogP contribution is 2.26. The molecular formula is C17H21NOS. The number of fused-ring (bicyclic) bond motifs is 1. The van der Waals surface area contributed by atoms with Gasteiger partial charge in [0.2, 0.25) is 0 Å². The maximum absolute atomic E-state index is 12.5. The zero-order valence-corrected chi connectivity index (χ0v) is 12.6. The van der Waals surface area contributed by atoms with Crippen LogP contribution < -0.4 is 0 Å². The van der Waals surface area contributed by atoms with Gasteiger partial charge in [-0.3, -0.25) is 4.79 Å². The maximum atomic E-state index is 12.5. The van der Waals surface area contributed by atoms with Crippen molar-refractivity contribution in [3.63, 3.8) is 0 Å². The first-order chi connectivity index (χ1) is 9.83. The number of hydrogen-bond acceptors (Lipinski definition) is 3. The summed E-state index contributed by atoms with van der Waals surface area (Å²) in [6.07, 6.45) is 9.08. The quantitative estimate of drug-likeness (QED) is 0.814. The predicted octanol–water partition coefficient (Wildman–Crippen LogP) is 4.77. The maximum Gasteiger partial charge on any atom is 0.142 e. The number of para-hydroxylation sites is 1. The molecule has 0 atom stereocenters. The molecule has 0 spiro atoms. The van der Waals surface area contributed by atoms with Crippen molar-refractivity contribution in [1.82, 2.24) is 4.98 Å². The average molecular weight is 287 g/mol. The third-order valence-corrected chi connectivity index (χ3v) is 5.26. The summed E-state index contributed by atoms with van der Waals surface area (Å²) in [5, 5.41) is 0.984. The van der Waals surface area contributed by atoms with Crippen molar-refractivity contribution in [3.8, 4) is 0 Å². The molecule has 0 N–H and O–H groups in total. The fraction of sp³-hybridized carbons (Fsp3) is 0.529. The van der Waals surface area contributed by atoms with Gasteiger partial charge in [0, 0.05) is 5.92 Å². The Balaban J connectivity index is 1.67. The van der Waals surface area contributed by atoms with Crippen LogP contribution in [-0.2, 0) is 11.2 Å². The Hall–Kier alpha value is -1.22. The minimum atomic E-state index is 0.280. The second-order valence-corrected chi connectivity index (χ2v) is 6.88. The number of rotatable bonds is 3. The zero-order valence-electron chi connectivity index (χ0n) is 11.8. The molecule has 20 heavy (non-hydrogen) atoms. The van der Waals surface area contributed by atoms with Crippen molar-refractivity contribution >= 4 is 27.3 Å². The van der Waals surface area contributed by atoms with E-state index in [9.17, 15) is 4.79 Å². The van der Waals surface area contributed by atoms with Gasteiger partial charge in [0.15, 0.2) is 0 Å². The van der Waals surface area contributed by atoms with Crippen LogP contribution >= 0.6 is 11.3 Å². The van der Waals surface area contributed by atoms with Crippen LogP contribution in [0.2, 0.25) is 0 Å². The molecule has 2 nitrogen and oxygen atoms in total. The van der Waals surface area contributed by atoms with Gasteiger partial charge in [0.1, 0.15) is 10.8 Å². The van der Waals surface area contributed by atoms with Crippen molar-refractivity contribution < 1.29 is 4.79 Å². The van der Waals surface area contributed by atoms with E-state index in [1.54, 1.807) is 11.3 Å². The van der Waals surface area contributed by atoms with Gasteiger partial charge in [0.05, 0.1) is 16.6 Å². The Morgan fingerprint density at radius 2 is 1.80 bits per heavy atom. The van der Waals surface area contributed by atoms with Gasteiger partial charge in [0.25, 0.3) is 0 Å². The monoisotopic (exact) mass is 287 g/mol. The van der Waals surface area contributed by atoms with E-state index in [4.69, 9.17) is 0 Å². The smallest absolute Gasteiger partial charge is 0.142 e. The van der Waals surface area contributed by atoms with E-state index < -0.39 is 0 Å². The molecular weight excluding hydrogens is 266 g/mol. The molecule has 1 fully saturated rings. The van der Waals surface area contributed by atoms with Crippen LogP contribution in [0.25, 0.3) is 10.2 Å². The van der Waals surface area contributed by atoms with Crippen molar-refractivity contribution in [3.05, 3.63) is 29.3 Å². The second kappa shape index (κ2) is 6.49. The van der Waals surface area contributed by atoms with Gasteiger partial charge in [-0.1, -0.05) is 44.2 Å². The van der Waals surface area contributed by atoms with E-state index in [2.05, 4.69) is 11.1 Å². The molecule has 1 aromatic heterocycles. The minimum absolute atomic E-state index is 0.280. The normalized spacial score (nSPS) is 17.8. The van der Waals surface area contributed by atoms with Crippen LogP contribution in [0.5, 0.6) is 0 Å². The summed E-state index contributed by atoms with van der Waals surface area (Å²) in [4.78, 5) is 17.1. The lowest BCUT2D eigenvalue weighted by atomic mass is 9.87. The zero-order chi connectivity index (χ0) is 13.8. The molecule has 106 valence electrons. The van der Waals surface area contributed by atoms with E-state index in [0.29, 0.717) is 12.2 Å². The lowest BCUT2D eigenvalue weighted by molar-refractivity contribution is -0.122. The first-order valence-corrected chi connectivity index (χ1v) is 8.52. The molecule has 3 rings (SSSR count). The number of hydrogen-bond donors (Lipinski definition) is 0. The number of nitrogens with zero attached hydrogens (tertiary/aromatic N) is 1. The van der Waals surface area contributed by atoms with Crippen LogP contribution in [0.3, 0.4) is 0 Å². The lowest BCUT2D eigenvalue weighted by Crippen LogP contribution is -2.18. The molecule has 0 unspecified atom stereocenters. The number of thiazole rings is 1. The molecule has 1 aliphatic rings. The largest absolute Gasteiger partial charge is 0.299 e. The van der Waals surface area contributed by atoms with E-state index in [-0.39, 0.29) is 5.92 Å². The summed E-state index contributed by atoms with van der Waals surface area (Å²) in [5.74, 6) is 0.688. The van der Waals surface area contributed by atoms with E-state index in [0.717, 1.165) is 23.4 Å². The molecule has 2 aromatic rings. The van der Waals surface area contributed by atoms with Crippen LogP contribution in [0.1, 0.15) is 50.0 Å². The van der Waals surface area contributed by atoms with Crippen molar-refractivity contribution in [1.29, 1.82) is 0 Å². The van der Waals surface area contributed by atoms with Crippen LogP contribution in [0.4, 0.5) is 0 Å². The standard InChI is InChI=1S/C17H21NOS/c19-15(13-8-4-2-1-3-5-9-13)12-17-18-14-10-6-7-11-16(14)20-17/h6-7,10-11,13H,1-5,8-9,12H2. The third kappa shape index (κ3) is 3.26. The molecule has 1 saturated carbocycles. The fourth-order valence-electron chi connectivity index (χ4n) is 3.07. The Kier molecular flexibility index (Phi) is 4.46. The molecule has 0 bridgehead atoms. The van der Waals surface area contributed by atoms with E-state index in [1.165, 1.54) is 36.8 Å². The van der Waals surface area contributed by atoms with Crippen molar-refractivity contribution in [2.75, 3.05) is 0 Å². The van der Waals surface area contributed by atoms with Crippen LogP contribution in [0, 0.1) is 5.92 Å². The lowest BCUT2D eigenvalue weighted by Gasteiger charge is -2.17. The molecule has 3 heteroatoms. The van der Waals surface area contributed by atoms with Gasteiger partial charge in [-0.05, 0) is 25.0 Å². The summed E-state index contributed by atoms with van der Waals surface area (Å²) < 4.78 is 1.19. The Labute approximate surface area is 124 Å². The first-order valence-electron chi connectivity index (χ1n) is 7.70. The van der Waals surface area contributed by atoms with E-state index >= 15 is 0 Å². The van der Waals surface area contributed by atoms with Gasteiger partial charge >= 0.3 is 0 Å². The predicted molar refractivity (Wildman–Crippen MR) is 84.1 cm³/mol. The summed E-state index contributed by atoms with van der Waals surface area (Å²) >= 11 is 1.67. The number of aromatic nitrogens is 1. The molecule has 0 amide bonds. The Morgan fingerprint density at radius 1 is 1.10 bits per heavy atom. The summed E-state index contributed by atoms with van der Waals surface area (Å²) in [6, 6.07) is 8.13. The third-order valence-electron chi connectivity index (χ3n) is 4.22. The average Bonchev–Trinajstić information content (AvgIpc) is 2.80. The second-order valence-electron chi connectivity index (χ2n) is 5.76. The highest BCUT2D eigenvalue weighted by atomic mass is 32.1. The number of ketones is 1. The van der Waals surface area contributed by atoms with Crippen LogP contribution in [-0.4, -0.2) is 10.8 Å². The number of benzene rings is 1. The fourth-order valence-corrected chi connectivity index (χ4v) is 4.04. The molecule has 1 aromatic carbocycles. The van der Waals surface area contributed by atoms with Gasteiger partial charge < -0.3 is 0 Å². The first kappa shape index (κ1) is 13.7. The summed E-state index contributed by atoms with van der Waals surface area (Å²) in [5.41, 5.74) is 1.03. The highest BCUT2D eigenvalue weighted by molar-refractivity contribution is 7.18. The molecule has 0 radical (unpaired) electrons. The number of carbonyl (C=O) groups excluding carboxylic acids is 1. The minimum Gasteiger partial charge on any atom is -0.299 e. The van der Waals surface area contributed by atoms with E-state index in [1.807, 2.05) is 18.2 Å². The van der Waals surface area contributed by atoms with Gasteiger partial charge in [-0.25, -0.2) is 4.98 Å². The topological polar surface area (TPSA) is 30.0 Å². The number of carbonyl (C=O) groups is 1. The summed E-state index contributed by atoms with van der Waals surface area (Å²) in [7, 11) is 0. The Bertz CT molecular complexity index is 548. The molecule has 1 heterocycles. The van der Waals surface area contributed by atoms with Gasteiger partial charge in [-0.2, -0.15) is 0 Å². The molecule has 0 saturated heterocycles. The van der Waals surface area contributed by atoms with Gasteiger partial charge in [-0.15, -0.1) is 11.3 Å². The SMILES string of the molecule is O=C(Cc1nc2ccccc2s1)C1CCCCCCC1. The Morgan fingerprint density at radius 3 is 2.55 bits per heavy atom.